The summed E-state index contributed by atoms with van der Waals surface area (Å²) in [6, 6.07) is 6.20. The Morgan fingerprint density at radius 2 is 2.35 bits per heavy atom. The number of benzene rings is 1. The van der Waals surface area contributed by atoms with Gasteiger partial charge in [0.05, 0.1) is 11.8 Å². The molecule has 0 saturated carbocycles. The second-order valence-corrected chi connectivity index (χ2v) is 5.19. The van der Waals surface area contributed by atoms with E-state index in [0.29, 0.717) is 24.5 Å². The minimum absolute atomic E-state index is 0.252. The lowest BCUT2D eigenvalue weighted by atomic mass is 10.1. The number of piperidine rings is 1. The molecule has 0 unspecified atom stereocenters. The predicted octanol–water partition coefficient (Wildman–Crippen LogP) is 2.44. The number of nitrogens with zero attached hydrogens (tertiary/aromatic N) is 2. The molecule has 106 valence electrons. The highest BCUT2D eigenvalue weighted by atomic mass is 19.1. The number of aliphatic hydroxyl groups is 1. The molecule has 1 aromatic heterocycles. The topological polar surface area (TPSA) is 49.5 Å². The van der Waals surface area contributed by atoms with E-state index in [4.69, 9.17) is 4.42 Å². The van der Waals surface area contributed by atoms with Gasteiger partial charge in [0.2, 0.25) is 5.89 Å². The van der Waals surface area contributed by atoms with Gasteiger partial charge in [0.15, 0.2) is 0 Å². The molecule has 1 N–H and O–H groups in total. The fraction of sp³-hybridized carbons (Fsp3) is 0.400. The molecule has 0 amide bonds. The third kappa shape index (κ3) is 3.05. The van der Waals surface area contributed by atoms with Crippen LogP contribution in [0.15, 0.2) is 34.9 Å². The maximum Gasteiger partial charge on any atom is 0.226 e. The molecule has 1 atom stereocenters. The smallest absolute Gasteiger partial charge is 0.226 e. The lowest BCUT2D eigenvalue weighted by Gasteiger charge is -2.29. The van der Waals surface area contributed by atoms with Crippen LogP contribution in [0.4, 0.5) is 4.39 Å². The van der Waals surface area contributed by atoms with Crippen molar-refractivity contribution in [3.63, 3.8) is 0 Å². The van der Waals surface area contributed by atoms with E-state index in [1.54, 1.807) is 18.4 Å². The van der Waals surface area contributed by atoms with E-state index in [1.165, 1.54) is 12.1 Å². The molecule has 0 aliphatic carbocycles. The van der Waals surface area contributed by atoms with E-state index in [1.807, 2.05) is 0 Å². The predicted molar refractivity (Wildman–Crippen MR) is 72.4 cm³/mol. The Morgan fingerprint density at radius 3 is 3.15 bits per heavy atom. The number of aromatic nitrogens is 1. The summed E-state index contributed by atoms with van der Waals surface area (Å²) >= 11 is 0. The minimum atomic E-state index is -0.304. The monoisotopic (exact) mass is 276 g/mol. The van der Waals surface area contributed by atoms with Gasteiger partial charge in [-0.2, -0.15) is 0 Å². The number of likely N-dealkylation sites (tertiary alicyclic amines) is 1. The van der Waals surface area contributed by atoms with Gasteiger partial charge in [-0.1, -0.05) is 6.07 Å². The standard InChI is InChI=1S/C15H17FN2O2/c16-12-4-1-3-11(7-12)15-17-13(10-20-15)8-18-6-2-5-14(19)9-18/h1,3-4,7,10,14,19H,2,5-6,8-9H2/t14-/m1/s1. The number of rotatable bonds is 3. The Morgan fingerprint density at radius 1 is 1.45 bits per heavy atom. The number of aliphatic hydroxyl groups excluding tert-OH is 1. The van der Waals surface area contributed by atoms with Crippen LogP contribution in [0.3, 0.4) is 0 Å². The Balaban J connectivity index is 1.70. The molecule has 2 aromatic rings. The quantitative estimate of drug-likeness (QED) is 0.935. The van der Waals surface area contributed by atoms with Crippen LogP contribution in [0.5, 0.6) is 0 Å². The highest BCUT2D eigenvalue weighted by Gasteiger charge is 2.19. The zero-order chi connectivity index (χ0) is 13.9. The third-order valence-electron chi connectivity index (χ3n) is 3.49. The van der Waals surface area contributed by atoms with Crippen LogP contribution in [-0.4, -0.2) is 34.2 Å². The molecule has 1 aliphatic heterocycles. The summed E-state index contributed by atoms with van der Waals surface area (Å²) in [5.74, 6) is 0.124. The largest absolute Gasteiger partial charge is 0.444 e. The van der Waals surface area contributed by atoms with Crippen LogP contribution in [-0.2, 0) is 6.54 Å². The molecular weight excluding hydrogens is 259 g/mol. The van der Waals surface area contributed by atoms with Crippen LogP contribution in [0.25, 0.3) is 11.5 Å². The second-order valence-electron chi connectivity index (χ2n) is 5.19. The van der Waals surface area contributed by atoms with Crippen molar-refractivity contribution in [3.8, 4) is 11.5 Å². The first kappa shape index (κ1) is 13.3. The van der Waals surface area contributed by atoms with Gasteiger partial charge in [-0.15, -0.1) is 0 Å². The fourth-order valence-electron chi connectivity index (χ4n) is 2.54. The van der Waals surface area contributed by atoms with E-state index in [9.17, 15) is 9.50 Å². The van der Waals surface area contributed by atoms with Crippen molar-refractivity contribution >= 4 is 0 Å². The molecule has 1 aromatic carbocycles. The molecule has 1 saturated heterocycles. The van der Waals surface area contributed by atoms with Gasteiger partial charge in [0, 0.05) is 18.7 Å². The number of oxazole rings is 1. The first-order chi connectivity index (χ1) is 9.70. The van der Waals surface area contributed by atoms with Crippen molar-refractivity contribution in [1.82, 2.24) is 9.88 Å². The Hall–Kier alpha value is -1.72. The molecule has 2 heterocycles. The molecule has 0 radical (unpaired) electrons. The van der Waals surface area contributed by atoms with Crippen molar-refractivity contribution in [2.45, 2.75) is 25.5 Å². The van der Waals surface area contributed by atoms with Gasteiger partial charge in [-0.3, -0.25) is 4.90 Å². The lowest BCUT2D eigenvalue weighted by Crippen LogP contribution is -2.37. The molecule has 0 spiro atoms. The van der Waals surface area contributed by atoms with Crippen molar-refractivity contribution in [2.75, 3.05) is 13.1 Å². The molecule has 1 aliphatic rings. The number of hydrogen-bond donors (Lipinski definition) is 1. The Labute approximate surface area is 116 Å². The maximum atomic E-state index is 13.2. The van der Waals surface area contributed by atoms with Crippen LogP contribution in [0.1, 0.15) is 18.5 Å². The lowest BCUT2D eigenvalue weighted by molar-refractivity contribution is 0.0662. The van der Waals surface area contributed by atoms with Gasteiger partial charge in [0.25, 0.3) is 0 Å². The second kappa shape index (κ2) is 5.73. The van der Waals surface area contributed by atoms with E-state index < -0.39 is 0 Å². The summed E-state index contributed by atoms with van der Waals surface area (Å²) in [5.41, 5.74) is 1.44. The van der Waals surface area contributed by atoms with Gasteiger partial charge in [-0.25, -0.2) is 9.37 Å². The molecule has 5 heteroatoms. The van der Waals surface area contributed by atoms with Gasteiger partial charge < -0.3 is 9.52 Å². The Kier molecular flexibility index (Phi) is 3.80. The minimum Gasteiger partial charge on any atom is -0.444 e. The average Bonchev–Trinajstić information content (AvgIpc) is 2.87. The summed E-state index contributed by atoms with van der Waals surface area (Å²) in [4.78, 5) is 6.54. The molecule has 20 heavy (non-hydrogen) atoms. The van der Waals surface area contributed by atoms with E-state index in [-0.39, 0.29) is 11.9 Å². The Bertz CT molecular complexity index is 585. The van der Waals surface area contributed by atoms with Crippen molar-refractivity contribution in [2.24, 2.45) is 0 Å². The number of halogens is 1. The third-order valence-corrected chi connectivity index (χ3v) is 3.49. The van der Waals surface area contributed by atoms with E-state index in [0.717, 1.165) is 25.1 Å². The fourth-order valence-corrected chi connectivity index (χ4v) is 2.54. The zero-order valence-corrected chi connectivity index (χ0v) is 11.1. The zero-order valence-electron chi connectivity index (χ0n) is 11.1. The normalized spacial score (nSPS) is 20.2. The van der Waals surface area contributed by atoms with Crippen LogP contribution >= 0.6 is 0 Å². The average molecular weight is 276 g/mol. The van der Waals surface area contributed by atoms with E-state index in [2.05, 4.69) is 9.88 Å². The summed E-state index contributed by atoms with van der Waals surface area (Å²) in [6.45, 7) is 2.28. The van der Waals surface area contributed by atoms with Gasteiger partial charge in [0.1, 0.15) is 12.1 Å². The highest BCUT2D eigenvalue weighted by molar-refractivity contribution is 5.52. The molecule has 0 bridgehead atoms. The summed E-state index contributed by atoms with van der Waals surface area (Å²) in [7, 11) is 0. The van der Waals surface area contributed by atoms with Gasteiger partial charge >= 0.3 is 0 Å². The number of β-amino-alcohol motifs (C(OH)–C–C–N with tert-alkyl or cyclic N) is 1. The summed E-state index contributed by atoms with van der Waals surface area (Å²) < 4.78 is 18.6. The maximum absolute atomic E-state index is 13.2. The van der Waals surface area contributed by atoms with Gasteiger partial charge in [-0.05, 0) is 37.6 Å². The van der Waals surface area contributed by atoms with E-state index >= 15 is 0 Å². The van der Waals surface area contributed by atoms with Crippen LogP contribution in [0.2, 0.25) is 0 Å². The van der Waals surface area contributed by atoms with Crippen molar-refractivity contribution in [3.05, 3.63) is 42.0 Å². The van der Waals surface area contributed by atoms with Crippen LogP contribution < -0.4 is 0 Å². The summed E-state index contributed by atoms with van der Waals surface area (Å²) in [5, 5.41) is 9.64. The first-order valence-corrected chi connectivity index (χ1v) is 6.81. The molecular formula is C15H17FN2O2. The number of hydrogen-bond acceptors (Lipinski definition) is 4. The summed E-state index contributed by atoms with van der Waals surface area (Å²) in [6.07, 6.45) is 3.21. The molecule has 1 fully saturated rings. The van der Waals surface area contributed by atoms with Crippen molar-refractivity contribution < 1.29 is 13.9 Å². The van der Waals surface area contributed by atoms with Crippen LogP contribution in [0, 0.1) is 5.82 Å². The SMILES string of the molecule is O[C@@H]1CCCN(Cc2coc(-c3cccc(F)c3)n2)C1. The highest BCUT2D eigenvalue weighted by Crippen LogP contribution is 2.21. The first-order valence-electron chi connectivity index (χ1n) is 6.81. The molecule has 3 rings (SSSR count). The molecule has 4 nitrogen and oxygen atoms in total. The van der Waals surface area contributed by atoms with Crippen molar-refractivity contribution in [1.29, 1.82) is 0 Å².